The molecule has 0 aliphatic carbocycles. The second kappa shape index (κ2) is 9.23. The van der Waals surface area contributed by atoms with E-state index in [1.807, 2.05) is 19.9 Å². The van der Waals surface area contributed by atoms with Gasteiger partial charge >= 0.3 is 6.03 Å². The summed E-state index contributed by atoms with van der Waals surface area (Å²) in [5, 5.41) is 8.08. The number of nitrogens with one attached hydrogen (secondary N) is 4. The van der Waals surface area contributed by atoms with E-state index in [2.05, 4.69) is 20.7 Å². The summed E-state index contributed by atoms with van der Waals surface area (Å²) in [5.41, 5.74) is 1.50. The molecule has 0 aromatic heterocycles. The smallest absolute Gasteiger partial charge is 0.319 e. The number of amides is 3. The first-order chi connectivity index (χ1) is 13.1. The van der Waals surface area contributed by atoms with Gasteiger partial charge in [0, 0.05) is 17.1 Å². The lowest BCUT2D eigenvalue weighted by Crippen LogP contribution is -2.48. The highest BCUT2D eigenvalue weighted by molar-refractivity contribution is 7.92. The maximum atomic E-state index is 12.6. The second-order valence-electron chi connectivity index (χ2n) is 6.63. The van der Waals surface area contributed by atoms with Crippen molar-refractivity contribution in [2.75, 3.05) is 21.6 Å². The minimum atomic E-state index is -3.37. The summed E-state index contributed by atoms with van der Waals surface area (Å²) in [7, 11) is -3.37. The van der Waals surface area contributed by atoms with Crippen LogP contribution in [0.15, 0.2) is 54.6 Å². The van der Waals surface area contributed by atoms with Crippen molar-refractivity contribution < 1.29 is 18.0 Å². The van der Waals surface area contributed by atoms with Crippen LogP contribution in [0.5, 0.6) is 0 Å². The zero-order valence-electron chi connectivity index (χ0n) is 15.9. The third kappa shape index (κ3) is 6.92. The van der Waals surface area contributed by atoms with E-state index in [1.165, 1.54) is 12.1 Å². The summed E-state index contributed by atoms with van der Waals surface area (Å²) in [6, 6.07) is 13.9. The van der Waals surface area contributed by atoms with Gasteiger partial charge in [-0.3, -0.25) is 9.52 Å². The van der Waals surface area contributed by atoms with E-state index in [9.17, 15) is 18.0 Å². The largest absolute Gasteiger partial charge is 0.326 e. The minimum Gasteiger partial charge on any atom is -0.326 e. The lowest BCUT2D eigenvalue weighted by molar-refractivity contribution is -0.118. The first-order valence-corrected chi connectivity index (χ1v) is 10.5. The number of benzene rings is 2. The Morgan fingerprint density at radius 2 is 1.36 bits per heavy atom. The van der Waals surface area contributed by atoms with Crippen molar-refractivity contribution in [1.82, 2.24) is 5.32 Å². The number of sulfonamides is 1. The number of rotatable bonds is 7. The summed E-state index contributed by atoms with van der Waals surface area (Å²) in [4.78, 5) is 24.8. The van der Waals surface area contributed by atoms with Crippen LogP contribution in [0.2, 0.25) is 0 Å². The lowest BCUT2D eigenvalue weighted by atomic mass is 10.0. The number of carbonyl (C=O) groups excluding carboxylic acids is 2. The average Bonchev–Trinajstić information content (AvgIpc) is 2.60. The van der Waals surface area contributed by atoms with Crippen molar-refractivity contribution in [2.45, 2.75) is 19.9 Å². The molecule has 0 unspecified atom stereocenters. The van der Waals surface area contributed by atoms with E-state index in [0.717, 1.165) is 6.26 Å². The highest BCUT2D eigenvalue weighted by Crippen LogP contribution is 2.16. The van der Waals surface area contributed by atoms with Crippen LogP contribution in [0.25, 0.3) is 0 Å². The number of anilines is 3. The van der Waals surface area contributed by atoms with Crippen LogP contribution in [-0.4, -0.2) is 32.7 Å². The summed E-state index contributed by atoms with van der Waals surface area (Å²) in [5.74, 6) is -0.519. The zero-order valence-corrected chi connectivity index (χ0v) is 16.7. The molecule has 2 aromatic carbocycles. The van der Waals surface area contributed by atoms with Gasteiger partial charge in [-0.15, -0.1) is 0 Å². The molecule has 9 heteroatoms. The van der Waals surface area contributed by atoms with Crippen molar-refractivity contribution in [2.24, 2.45) is 5.92 Å². The van der Waals surface area contributed by atoms with Crippen LogP contribution in [0, 0.1) is 5.92 Å². The van der Waals surface area contributed by atoms with Gasteiger partial charge in [0.1, 0.15) is 6.04 Å². The standard InChI is InChI=1S/C19H24N4O4S/c1-13(2)17(22-19(25)21-14-7-5-4-6-8-14)18(24)20-15-9-11-16(12-10-15)23-28(3,26)27/h4-13,17,23H,1-3H3,(H,20,24)(H2,21,22,25)/t17-/m0/s1. The quantitative estimate of drug-likeness (QED) is 0.568. The third-order valence-corrected chi connectivity index (χ3v) is 4.33. The van der Waals surface area contributed by atoms with Crippen LogP contribution in [0.1, 0.15) is 13.8 Å². The van der Waals surface area contributed by atoms with Gasteiger partial charge in [0.15, 0.2) is 0 Å². The predicted molar refractivity (Wildman–Crippen MR) is 111 cm³/mol. The van der Waals surface area contributed by atoms with Gasteiger partial charge in [0.2, 0.25) is 15.9 Å². The molecule has 8 nitrogen and oxygen atoms in total. The summed E-state index contributed by atoms with van der Waals surface area (Å²) >= 11 is 0. The number of urea groups is 1. The SMILES string of the molecule is CC(C)[C@H](NC(=O)Nc1ccccc1)C(=O)Nc1ccc(NS(C)(=O)=O)cc1. The Balaban J connectivity index is 1.99. The molecular formula is C19H24N4O4S. The van der Waals surface area contributed by atoms with Crippen molar-refractivity contribution in [1.29, 1.82) is 0 Å². The van der Waals surface area contributed by atoms with Gasteiger partial charge in [-0.1, -0.05) is 32.0 Å². The number of hydrogen-bond acceptors (Lipinski definition) is 4. The molecule has 1 atom stereocenters. The molecule has 0 bridgehead atoms. The van der Waals surface area contributed by atoms with Crippen LogP contribution in [0.3, 0.4) is 0 Å². The van der Waals surface area contributed by atoms with Crippen molar-refractivity contribution in [3.63, 3.8) is 0 Å². The molecule has 0 fully saturated rings. The fraction of sp³-hybridized carbons (Fsp3) is 0.263. The van der Waals surface area contributed by atoms with Crippen molar-refractivity contribution in [3.8, 4) is 0 Å². The minimum absolute atomic E-state index is 0.146. The van der Waals surface area contributed by atoms with Gasteiger partial charge in [0.05, 0.1) is 6.26 Å². The third-order valence-electron chi connectivity index (χ3n) is 3.72. The van der Waals surface area contributed by atoms with Crippen molar-refractivity contribution >= 4 is 39.0 Å². The number of carbonyl (C=O) groups is 2. The van der Waals surface area contributed by atoms with E-state index < -0.39 is 22.1 Å². The molecule has 2 rings (SSSR count). The van der Waals surface area contributed by atoms with E-state index in [-0.39, 0.29) is 11.8 Å². The van der Waals surface area contributed by atoms with Crippen LogP contribution >= 0.6 is 0 Å². The van der Waals surface area contributed by atoms with Crippen LogP contribution < -0.4 is 20.7 Å². The normalized spacial score (nSPS) is 12.1. The van der Waals surface area contributed by atoms with E-state index in [4.69, 9.17) is 0 Å². The molecular weight excluding hydrogens is 380 g/mol. The maximum Gasteiger partial charge on any atom is 0.319 e. The molecule has 4 N–H and O–H groups in total. The van der Waals surface area contributed by atoms with Crippen molar-refractivity contribution in [3.05, 3.63) is 54.6 Å². The predicted octanol–water partition coefficient (Wildman–Crippen LogP) is 2.84. The summed E-state index contributed by atoms with van der Waals surface area (Å²) in [6.07, 6.45) is 1.06. The molecule has 2 aromatic rings. The summed E-state index contributed by atoms with van der Waals surface area (Å²) in [6.45, 7) is 3.65. The van der Waals surface area contributed by atoms with Crippen LogP contribution in [-0.2, 0) is 14.8 Å². The Bertz CT molecular complexity index is 913. The molecule has 0 heterocycles. The fourth-order valence-electron chi connectivity index (χ4n) is 2.42. The highest BCUT2D eigenvalue weighted by atomic mass is 32.2. The van der Waals surface area contributed by atoms with E-state index in [0.29, 0.717) is 17.1 Å². The first kappa shape index (κ1) is 21.2. The second-order valence-corrected chi connectivity index (χ2v) is 8.38. The molecule has 3 amide bonds. The fourth-order valence-corrected chi connectivity index (χ4v) is 2.98. The Morgan fingerprint density at radius 3 is 1.89 bits per heavy atom. The maximum absolute atomic E-state index is 12.6. The van der Waals surface area contributed by atoms with Gasteiger partial charge in [-0.05, 0) is 42.3 Å². The monoisotopic (exact) mass is 404 g/mol. The average molecular weight is 404 g/mol. The number of hydrogen-bond donors (Lipinski definition) is 4. The molecule has 150 valence electrons. The highest BCUT2D eigenvalue weighted by Gasteiger charge is 2.24. The molecule has 0 saturated carbocycles. The van der Waals surface area contributed by atoms with Crippen LogP contribution in [0.4, 0.5) is 21.9 Å². The molecule has 0 spiro atoms. The van der Waals surface area contributed by atoms with Gasteiger partial charge < -0.3 is 16.0 Å². The van der Waals surface area contributed by atoms with E-state index in [1.54, 1.807) is 36.4 Å². The topological polar surface area (TPSA) is 116 Å². The Morgan fingerprint density at radius 1 is 0.821 bits per heavy atom. The molecule has 0 radical (unpaired) electrons. The van der Waals surface area contributed by atoms with Gasteiger partial charge in [-0.25, -0.2) is 13.2 Å². The number of para-hydroxylation sites is 1. The lowest BCUT2D eigenvalue weighted by Gasteiger charge is -2.22. The summed E-state index contributed by atoms with van der Waals surface area (Å²) < 4.78 is 24.8. The Hall–Kier alpha value is -3.07. The molecule has 0 aliphatic rings. The first-order valence-electron chi connectivity index (χ1n) is 8.65. The van der Waals surface area contributed by atoms with Gasteiger partial charge in [-0.2, -0.15) is 0 Å². The van der Waals surface area contributed by atoms with E-state index >= 15 is 0 Å². The Labute approximate surface area is 164 Å². The van der Waals surface area contributed by atoms with Gasteiger partial charge in [0.25, 0.3) is 0 Å². The zero-order chi connectivity index (χ0) is 20.7. The molecule has 0 aliphatic heterocycles. The molecule has 0 saturated heterocycles. The molecule has 28 heavy (non-hydrogen) atoms. The Kier molecular flexibility index (Phi) is 7.00.